The highest BCUT2D eigenvalue weighted by atomic mass is 16.5. The zero-order valence-corrected chi connectivity index (χ0v) is 19.7. The van der Waals surface area contributed by atoms with E-state index in [2.05, 4.69) is 10.3 Å². The van der Waals surface area contributed by atoms with Gasteiger partial charge in [-0.05, 0) is 68.5 Å². The molecule has 2 aromatic heterocycles. The Labute approximate surface area is 197 Å². The molecule has 0 saturated carbocycles. The summed E-state index contributed by atoms with van der Waals surface area (Å²) in [6.07, 6.45) is 3.40. The molecule has 1 aromatic carbocycles. The molecular weight excluding hydrogens is 434 g/mol. The van der Waals surface area contributed by atoms with Crippen molar-refractivity contribution in [2.24, 2.45) is 5.92 Å². The van der Waals surface area contributed by atoms with E-state index in [1.807, 2.05) is 38.1 Å². The highest BCUT2D eigenvalue weighted by molar-refractivity contribution is 5.92. The minimum Gasteiger partial charge on any atom is -0.497 e. The Hall–Kier alpha value is -3.68. The van der Waals surface area contributed by atoms with Crippen LogP contribution in [0.25, 0.3) is 11.0 Å². The summed E-state index contributed by atoms with van der Waals surface area (Å²) in [7, 11) is 1.56. The number of piperidine rings is 1. The molecule has 0 unspecified atom stereocenters. The van der Waals surface area contributed by atoms with Gasteiger partial charge in [0.1, 0.15) is 17.2 Å². The first kappa shape index (κ1) is 23.5. The molecule has 2 amide bonds. The molecule has 4 rings (SSSR count). The van der Waals surface area contributed by atoms with Crippen molar-refractivity contribution < 1.29 is 18.7 Å². The summed E-state index contributed by atoms with van der Waals surface area (Å²) in [5, 5.41) is 3.70. The van der Waals surface area contributed by atoms with E-state index in [4.69, 9.17) is 9.15 Å². The summed E-state index contributed by atoms with van der Waals surface area (Å²) in [4.78, 5) is 43.9. The van der Waals surface area contributed by atoms with Crippen LogP contribution >= 0.6 is 0 Å². The number of hydrogen-bond donors (Lipinski definition) is 1. The Kier molecular flexibility index (Phi) is 6.95. The normalized spacial score (nSPS) is 14.3. The number of likely N-dealkylation sites (tertiary alicyclic amines) is 1. The highest BCUT2D eigenvalue weighted by Crippen LogP contribution is 2.25. The van der Waals surface area contributed by atoms with Gasteiger partial charge in [-0.1, -0.05) is 0 Å². The van der Waals surface area contributed by atoms with E-state index in [-0.39, 0.29) is 24.2 Å². The second kappa shape index (κ2) is 10.1. The molecule has 34 heavy (non-hydrogen) atoms. The van der Waals surface area contributed by atoms with Gasteiger partial charge in [0.15, 0.2) is 0 Å². The lowest BCUT2D eigenvalue weighted by Crippen LogP contribution is -2.41. The molecule has 3 aromatic rings. The summed E-state index contributed by atoms with van der Waals surface area (Å²) < 4.78 is 10.7. The lowest BCUT2D eigenvalue weighted by Gasteiger charge is -2.31. The van der Waals surface area contributed by atoms with Crippen LogP contribution in [0.4, 0.5) is 5.82 Å². The molecule has 8 nitrogen and oxygen atoms in total. The monoisotopic (exact) mass is 463 g/mol. The van der Waals surface area contributed by atoms with Crippen molar-refractivity contribution >= 4 is 28.6 Å². The first-order valence-electron chi connectivity index (χ1n) is 11.5. The molecule has 178 valence electrons. The molecule has 1 fully saturated rings. The number of aromatic nitrogens is 1. The van der Waals surface area contributed by atoms with E-state index in [9.17, 15) is 14.4 Å². The number of methoxy groups -OCH3 is 1. The summed E-state index contributed by atoms with van der Waals surface area (Å²) in [6.45, 7) is 4.85. The molecule has 1 aliphatic heterocycles. The van der Waals surface area contributed by atoms with Gasteiger partial charge in [-0.2, -0.15) is 0 Å². The van der Waals surface area contributed by atoms with Crippen molar-refractivity contribution in [2.75, 3.05) is 25.5 Å². The highest BCUT2D eigenvalue weighted by Gasteiger charge is 2.27. The van der Waals surface area contributed by atoms with Crippen molar-refractivity contribution in [3.63, 3.8) is 0 Å². The van der Waals surface area contributed by atoms with Gasteiger partial charge >= 0.3 is 5.63 Å². The van der Waals surface area contributed by atoms with Gasteiger partial charge in [-0.15, -0.1) is 0 Å². The van der Waals surface area contributed by atoms with Crippen molar-refractivity contribution in [2.45, 2.75) is 39.5 Å². The predicted molar refractivity (Wildman–Crippen MR) is 129 cm³/mol. The number of benzene rings is 1. The summed E-state index contributed by atoms with van der Waals surface area (Å²) in [5.41, 5.74) is 2.42. The van der Waals surface area contributed by atoms with E-state index < -0.39 is 5.63 Å². The Morgan fingerprint density at radius 3 is 2.65 bits per heavy atom. The fourth-order valence-corrected chi connectivity index (χ4v) is 4.40. The predicted octanol–water partition coefficient (Wildman–Crippen LogP) is 3.62. The number of pyridine rings is 1. The average Bonchev–Trinajstić information content (AvgIpc) is 2.83. The number of anilines is 1. The van der Waals surface area contributed by atoms with Gasteiger partial charge in [0, 0.05) is 48.6 Å². The number of hydrogen-bond acceptors (Lipinski definition) is 6. The van der Waals surface area contributed by atoms with E-state index in [1.54, 1.807) is 24.3 Å². The minimum absolute atomic E-state index is 0.0205. The van der Waals surface area contributed by atoms with Gasteiger partial charge in [0.05, 0.1) is 7.11 Å². The first-order valence-corrected chi connectivity index (χ1v) is 11.5. The standard InChI is InChI=1S/C26H29N3O5/c1-16-8-11-27-23(14-16)28-25(31)18-9-12-29(13-10-18)24(30)7-6-21-17(2)20-5-4-19(33-3)15-22(20)34-26(21)32/h4-5,8,11,14-15,18H,6-7,9-10,12-13H2,1-3H3,(H,27,28,31). The number of ether oxygens (including phenoxy) is 1. The van der Waals surface area contributed by atoms with Crippen molar-refractivity contribution in [1.82, 2.24) is 9.88 Å². The van der Waals surface area contributed by atoms with Crippen LogP contribution in [0.5, 0.6) is 5.75 Å². The van der Waals surface area contributed by atoms with Crippen LogP contribution in [0.3, 0.4) is 0 Å². The quantitative estimate of drug-likeness (QED) is 0.560. The molecule has 1 N–H and O–H groups in total. The topological polar surface area (TPSA) is 102 Å². The van der Waals surface area contributed by atoms with Crippen LogP contribution in [0.15, 0.2) is 45.7 Å². The van der Waals surface area contributed by atoms with Crippen LogP contribution in [-0.2, 0) is 16.0 Å². The van der Waals surface area contributed by atoms with Crippen molar-refractivity contribution in [3.05, 3.63) is 63.6 Å². The molecule has 0 aliphatic carbocycles. The smallest absolute Gasteiger partial charge is 0.339 e. The second-order valence-electron chi connectivity index (χ2n) is 8.72. The van der Waals surface area contributed by atoms with E-state index in [0.29, 0.717) is 55.1 Å². The lowest BCUT2D eigenvalue weighted by molar-refractivity contribution is -0.134. The Balaban J connectivity index is 1.33. The molecule has 1 aliphatic rings. The third-order valence-electron chi connectivity index (χ3n) is 6.47. The maximum Gasteiger partial charge on any atom is 0.339 e. The molecule has 0 radical (unpaired) electrons. The van der Waals surface area contributed by atoms with E-state index in [0.717, 1.165) is 16.5 Å². The fourth-order valence-electron chi connectivity index (χ4n) is 4.40. The number of amides is 2. The number of nitrogens with zero attached hydrogens (tertiary/aromatic N) is 2. The SMILES string of the molecule is COc1ccc2c(C)c(CCC(=O)N3CCC(C(=O)Nc4cc(C)ccn4)CC3)c(=O)oc2c1. The van der Waals surface area contributed by atoms with Crippen LogP contribution < -0.4 is 15.7 Å². The zero-order chi connectivity index (χ0) is 24.2. The zero-order valence-electron chi connectivity index (χ0n) is 19.7. The first-order chi connectivity index (χ1) is 16.4. The second-order valence-corrected chi connectivity index (χ2v) is 8.72. The number of fused-ring (bicyclic) bond motifs is 1. The Morgan fingerprint density at radius 1 is 1.18 bits per heavy atom. The van der Waals surface area contributed by atoms with Gasteiger partial charge in [0.25, 0.3) is 0 Å². The van der Waals surface area contributed by atoms with Crippen LogP contribution in [0.2, 0.25) is 0 Å². The maximum absolute atomic E-state index is 12.8. The van der Waals surface area contributed by atoms with Gasteiger partial charge < -0.3 is 19.4 Å². The molecule has 8 heteroatoms. The van der Waals surface area contributed by atoms with Crippen LogP contribution in [0.1, 0.15) is 36.0 Å². The molecule has 0 spiro atoms. The molecule has 0 bridgehead atoms. The largest absolute Gasteiger partial charge is 0.497 e. The van der Waals surface area contributed by atoms with E-state index >= 15 is 0 Å². The Bertz CT molecular complexity index is 1280. The molecule has 0 atom stereocenters. The number of carbonyl (C=O) groups excluding carboxylic acids is 2. The third-order valence-corrected chi connectivity index (χ3v) is 6.47. The Morgan fingerprint density at radius 2 is 1.94 bits per heavy atom. The van der Waals surface area contributed by atoms with Crippen molar-refractivity contribution in [1.29, 1.82) is 0 Å². The van der Waals surface area contributed by atoms with Crippen molar-refractivity contribution in [3.8, 4) is 5.75 Å². The van der Waals surface area contributed by atoms with Crippen LogP contribution in [-0.4, -0.2) is 41.9 Å². The summed E-state index contributed by atoms with van der Waals surface area (Å²) >= 11 is 0. The number of carbonyl (C=O) groups is 2. The minimum atomic E-state index is -0.425. The van der Waals surface area contributed by atoms with Gasteiger partial charge in [-0.3, -0.25) is 9.59 Å². The molecule has 1 saturated heterocycles. The molecular formula is C26H29N3O5. The fraction of sp³-hybridized carbons (Fsp3) is 0.385. The lowest BCUT2D eigenvalue weighted by atomic mass is 9.95. The van der Waals surface area contributed by atoms with Gasteiger partial charge in [-0.25, -0.2) is 9.78 Å². The number of rotatable bonds is 6. The molecule has 3 heterocycles. The van der Waals surface area contributed by atoms with E-state index in [1.165, 1.54) is 0 Å². The average molecular weight is 464 g/mol. The number of aryl methyl sites for hydroxylation is 2. The number of nitrogens with one attached hydrogen (secondary N) is 1. The third kappa shape index (κ3) is 5.11. The summed E-state index contributed by atoms with van der Waals surface area (Å²) in [5.74, 6) is 0.925. The van der Waals surface area contributed by atoms with Gasteiger partial charge in [0.2, 0.25) is 11.8 Å². The summed E-state index contributed by atoms with van der Waals surface area (Å²) in [6, 6.07) is 9.08. The maximum atomic E-state index is 12.8. The van der Waals surface area contributed by atoms with Crippen LogP contribution in [0, 0.1) is 19.8 Å².